The van der Waals surface area contributed by atoms with Gasteiger partial charge in [-0.15, -0.1) is 0 Å². The van der Waals surface area contributed by atoms with Gasteiger partial charge in [-0.25, -0.2) is 0 Å². The number of nitriles is 1. The van der Waals surface area contributed by atoms with E-state index in [-0.39, 0.29) is 0 Å². The van der Waals surface area contributed by atoms with Gasteiger partial charge in [-0.3, -0.25) is 9.59 Å². The predicted molar refractivity (Wildman–Crippen MR) is 130 cm³/mol. The van der Waals surface area contributed by atoms with E-state index in [1.54, 1.807) is 12.3 Å². The molecule has 0 radical (unpaired) electrons. The summed E-state index contributed by atoms with van der Waals surface area (Å²) in [6, 6.07) is 21.1. The van der Waals surface area contributed by atoms with Gasteiger partial charge in [0.05, 0.1) is 22.8 Å². The van der Waals surface area contributed by atoms with Crippen molar-refractivity contribution in [3.8, 4) is 28.5 Å². The van der Waals surface area contributed by atoms with Crippen molar-refractivity contribution in [3.05, 3.63) is 84.1 Å². The van der Waals surface area contributed by atoms with E-state index >= 15 is 0 Å². The summed E-state index contributed by atoms with van der Waals surface area (Å²) in [6.07, 6.45) is 4.28. The van der Waals surface area contributed by atoms with Crippen LogP contribution in [0.5, 0.6) is 0 Å². The number of nitrogens with zero attached hydrogens (tertiary/aromatic N) is 1. The summed E-state index contributed by atoms with van der Waals surface area (Å²) in [6.45, 7) is 0.319. The van der Waals surface area contributed by atoms with Crippen LogP contribution in [0, 0.1) is 11.3 Å². The molecule has 1 heterocycles. The van der Waals surface area contributed by atoms with Gasteiger partial charge < -0.3 is 21.4 Å². The summed E-state index contributed by atoms with van der Waals surface area (Å²) in [5.74, 6) is 0. The summed E-state index contributed by atoms with van der Waals surface area (Å²) < 4.78 is 0. The van der Waals surface area contributed by atoms with Gasteiger partial charge in [0.15, 0.2) is 0 Å². The van der Waals surface area contributed by atoms with E-state index < -0.39 is 0 Å². The lowest BCUT2D eigenvalue weighted by molar-refractivity contribution is -0.105. The molecule has 3 aromatic carbocycles. The van der Waals surface area contributed by atoms with Crippen molar-refractivity contribution in [2.24, 2.45) is 5.73 Å². The summed E-state index contributed by atoms with van der Waals surface area (Å²) in [5.41, 5.74) is 13.4. The van der Waals surface area contributed by atoms with Crippen molar-refractivity contribution in [2.45, 2.75) is 6.54 Å². The van der Waals surface area contributed by atoms with Crippen molar-refractivity contribution in [1.29, 1.82) is 5.26 Å². The van der Waals surface area contributed by atoms with Gasteiger partial charge in [-0.05, 0) is 64.7 Å². The molecule has 0 spiro atoms. The normalized spacial score (nSPS) is 10.8. The standard InChI is InChI=1S/C26H21N5O2/c27-14-17-3-1-4-18(11-17)25-13-23-22(7-8-24(30-16-33)26(23)31-25)21-6-5-20(12-19(21)15-28)29-9-2-10-32/h1-13,16,29,31H,15,28H2,(H,30,33). The Kier molecular flexibility index (Phi) is 6.30. The Balaban J connectivity index is 1.88. The molecule has 0 bridgehead atoms. The molecule has 1 aromatic heterocycles. The average Bonchev–Trinajstić information content (AvgIpc) is 3.31. The fraction of sp³-hybridized carbons (Fsp3) is 0.0385. The largest absolute Gasteiger partial charge is 0.362 e. The van der Waals surface area contributed by atoms with Crippen LogP contribution in [-0.4, -0.2) is 17.7 Å². The molecule has 0 saturated heterocycles. The third kappa shape index (κ3) is 4.37. The summed E-state index contributed by atoms with van der Waals surface area (Å²) >= 11 is 0. The Hall–Kier alpha value is -4.67. The van der Waals surface area contributed by atoms with Crippen LogP contribution in [0.25, 0.3) is 33.3 Å². The van der Waals surface area contributed by atoms with Crippen LogP contribution < -0.4 is 16.4 Å². The molecular weight excluding hydrogens is 414 g/mol. The summed E-state index contributed by atoms with van der Waals surface area (Å²) in [4.78, 5) is 25.1. The zero-order valence-corrected chi connectivity index (χ0v) is 17.6. The number of fused-ring (bicyclic) bond motifs is 1. The lowest BCUT2D eigenvalue weighted by atomic mass is 9.95. The van der Waals surface area contributed by atoms with Crippen LogP contribution in [0.3, 0.4) is 0 Å². The second-order valence-electron chi connectivity index (χ2n) is 7.30. The molecule has 7 heteroatoms. The fourth-order valence-electron chi connectivity index (χ4n) is 3.85. The number of carbonyl (C=O) groups excluding carboxylic acids is 2. The quantitative estimate of drug-likeness (QED) is 0.239. The maximum Gasteiger partial charge on any atom is 0.211 e. The van der Waals surface area contributed by atoms with Gasteiger partial charge >= 0.3 is 0 Å². The number of allylic oxidation sites excluding steroid dienone is 1. The second-order valence-corrected chi connectivity index (χ2v) is 7.30. The molecule has 33 heavy (non-hydrogen) atoms. The Bertz CT molecular complexity index is 1410. The van der Waals surface area contributed by atoms with Crippen molar-refractivity contribution in [3.63, 3.8) is 0 Å². The summed E-state index contributed by atoms with van der Waals surface area (Å²) in [7, 11) is 0. The van der Waals surface area contributed by atoms with E-state index in [4.69, 9.17) is 5.73 Å². The number of hydrogen-bond donors (Lipinski definition) is 4. The van der Waals surface area contributed by atoms with E-state index in [0.29, 0.717) is 30.5 Å². The van der Waals surface area contributed by atoms with Gasteiger partial charge in [0.2, 0.25) is 6.41 Å². The van der Waals surface area contributed by atoms with Gasteiger partial charge in [-0.2, -0.15) is 5.26 Å². The molecule has 0 aliphatic carbocycles. The molecule has 5 N–H and O–H groups in total. The number of aldehydes is 1. The smallest absolute Gasteiger partial charge is 0.211 e. The monoisotopic (exact) mass is 435 g/mol. The van der Waals surface area contributed by atoms with E-state index in [1.807, 2.05) is 54.6 Å². The highest BCUT2D eigenvalue weighted by atomic mass is 16.1. The first-order valence-corrected chi connectivity index (χ1v) is 10.2. The minimum absolute atomic E-state index is 0.319. The van der Waals surface area contributed by atoms with E-state index in [1.165, 1.54) is 6.08 Å². The van der Waals surface area contributed by atoms with E-state index in [2.05, 4.69) is 21.7 Å². The average molecular weight is 435 g/mol. The van der Waals surface area contributed by atoms with Crippen LogP contribution in [-0.2, 0) is 16.1 Å². The van der Waals surface area contributed by atoms with Crippen LogP contribution in [0.4, 0.5) is 11.4 Å². The van der Waals surface area contributed by atoms with Crippen molar-refractivity contribution < 1.29 is 9.59 Å². The van der Waals surface area contributed by atoms with Gasteiger partial charge in [0.1, 0.15) is 6.29 Å². The first kappa shape index (κ1) is 21.6. The first-order valence-electron chi connectivity index (χ1n) is 10.2. The Labute approximate surface area is 190 Å². The number of nitrogens with one attached hydrogen (secondary N) is 3. The number of anilines is 2. The van der Waals surface area contributed by atoms with Gasteiger partial charge in [0.25, 0.3) is 0 Å². The van der Waals surface area contributed by atoms with Gasteiger partial charge in [-0.1, -0.05) is 24.3 Å². The molecule has 162 valence electrons. The zero-order valence-electron chi connectivity index (χ0n) is 17.6. The number of aromatic amines is 1. The second kappa shape index (κ2) is 9.64. The van der Waals surface area contributed by atoms with Crippen molar-refractivity contribution >= 4 is 35.0 Å². The van der Waals surface area contributed by atoms with Gasteiger partial charge in [0, 0.05) is 29.5 Å². The third-order valence-electron chi connectivity index (χ3n) is 5.35. The van der Waals surface area contributed by atoms with Crippen molar-refractivity contribution in [1.82, 2.24) is 4.98 Å². The maximum atomic E-state index is 11.2. The zero-order chi connectivity index (χ0) is 23.2. The molecule has 7 nitrogen and oxygen atoms in total. The SMILES string of the molecule is N#Cc1cccc(-c2cc3c(-c4ccc(NC=CC=O)cc4CN)ccc(NC=O)c3[nH]2)c1. The molecular formula is C26H21N5O2. The van der Waals surface area contributed by atoms with Crippen molar-refractivity contribution in [2.75, 3.05) is 10.6 Å². The molecule has 0 atom stereocenters. The highest BCUT2D eigenvalue weighted by Gasteiger charge is 2.15. The number of amides is 1. The molecule has 0 saturated carbocycles. The Morgan fingerprint density at radius 2 is 1.85 bits per heavy atom. The number of hydrogen-bond acceptors (Lipinski definition) is 5. The molecule has 4 aromatic rings. The van der Waals surface area contributed by atoms with Crippen LogP contribution >= 0.6 is 0 Å². The topological polar surface area (TPSA) is 124 Å². The molecule has 0 aliphatic rings. The lowest BCUT2D eigenvalue weighted by Gasteiger charge is -2.13. The highest BCUT2D eigenvalue weighted by Crippen LogP contribution is 2.38. The molecule has 0 unspecified atom stereocenters. The molecule has 0 fully saturated rings. The number of benzene rings is 3. The van der Waals surface area contributed by atoms with Crippen LogP contribution in [0.15, 0.2) is 72.9 Å². The van der Waals surface area contributed by atoms with Crippen LogP contribution in [0.1, 0.15) is 11.1 Å². The lowest BCUT2D eigenvalue weighted by Crippen LogP contribution is -2.01. The summed E-state index contributed by atoms with van der Waals surface area (Å²) in [5, 5.41) is 16.0. The predicted octanol–water partition coefficient (Wildman–Crippen LogP) is 4.53. The minimum atomic E-state index is 0.319. The number of rotatable bonds is 8. The molecule has 0 aliphatic heterocycles. The number of H-pyrrole nitrogens is 1. The van der Waals surface area contributed by atoms with Crippen LogP contribution in [0.2, 0.25) is 0 Å². The highest BCUT2D eigenvalue weighted by molar-refractivity contribution is 6.06. The maximum absolute atomic E-state index is 11.2. The number of carbonyl (C=O) groups is 2. The first-order chi connectivity index (χ1) is 16.2. The minimum Gasteiger partial charge on any atom is -0.362 e. The Morgan fingerprint density at radius 1 is 1.00 bits per heavy atom. The third-order valence-corrected chi connectivity index (χ3v) is 5.35. The molecule has 4 rings (SSSR count). The molecule has 1 amide bonds. The van der Waals surface area contributed by atoms with E-state index in [9.17, 15) is 14.9 Å². The number of nitrogens with two attached hydrogens (primary N) is 1. The fourth-order valence-corrected chi connectivity index (χ4v) is 3.85. The Morgan fingerprint density at radius 3 is 2.61 bits per heavy atom. The van der Waals surface area contributed by atoms with E-state index in [0.717, 1.165) is 44.5 Å². The number of aromatic nitrogens is 1.